The second kappa shape index (κ2) is 8.82. The Labute approximate surface area is 192 Å². The molecule has 168 valence electrons. The number of benzene rings is 2. The number of hydrogen-bond acceptors (Lipinski definition) is 8. The number of anilines is 3. The highest BCUT2D eigenvalue weighted by Gasteiger charge is 2.32. The minimum Gasteiger partial charge on any atom is -0.497 e. The molecule has 0 aliphatic carbocycles. The molecule has 0 bridgehead atoms. The number of methoxy groups -OCH3 is 2. The van der Waals surface area contributed by atoms with E-state index in [1.54, 1.807) is 14.2 Å². The smallest absolute Gasteiger partial charge is 0.328 e. The number of aromatic nitrogens is 3. The summed E-state index contributed by atoms with van der Waals surface area (Å²) >= 11 is 0. The van der Waals surface area contributed by atoms with E-state index in [1.165, 1.54) is 5.56 Å². The lowest BCUT2D eigenvalue weighted by molar-refractivity contribution is 0.394. The zero-order chi connectivity index (χ0) is 22.8. The minimum atomic E-state index is 0.266. The maximum absolute atomic E-state index is 5.69. The number of ether oxygens (including phenoxy) is 2. The van der Waals surface area contributed by atoms with Crippen molar-refractivity contribution in [1.82, 2.24) is 15.1 Å². The van der Waals surface area contributed by atoms with E-state index >= 15 is 0 Å². The van der Waals surface area contributed by atoms with E-state index in [1.807, 2.05) is 49.5 Å². The fourth-order valence-corrected chi connectivity index (χ4v) is 4.13. The summed E-state index contributed by atoms with van der Waals surface area (Å²) in [5, 5.41) is 7.76. The maximum atomic E-state index is 5.69. The van der Waals surface area contributed by atoms with Crippen molar-refractivity contribution in [1.29, 1.82) is 0 Å². The number of nitrogens with one attached hydrogen (secondary N) is 1. The molecule has 0 radical (unpaired) electrons. The van der Waals surface area contributed by atoms with Crippen molar-refractivity contribution >= 4 is 17.4 Å². The molecule has 1 aliphatic heterocycles. The molecule has 0 spiro atoms. The fraction of sp³-hybridized carbons (Fsp3) is 0.240. The third-order valence-corrected chi connectivity index (χ3v) is 5.78. The summed E-state index contributed by atoms with van der Waals surface area (Å²) in [4.78, 5) is 11.0. The Morgan fingerprint density at radius 3 is 2.61 bits per heavy atom. The molecule has 8 heteroatoms. The van der Waals surface area contributed by atoms with Crippen LogP contribution >= 0.6 is 0 Å². The Morgan fingerprint density at radius 2 is 1.85 bits per heavy atom. The van der Waals surface area contributed by atoms with Gasteiger partial charge in [0.05, 0.1) is 14.2 Å². The molecule has 2 aromatic carbocycles. The molecule has 2 aromatic heterocycles. The highest BCUT2D eigenvalue weighted by molar-refractivity contribution is 5.69. The van der Waals surface area contributed by atoms with Crippen LogP contribution in [0.25, 0.3) is 11.4 Å². The number of hydrogen-bond donors (Lipinski definition) is 1. The second-order valence-electron chi connectivity index (χ2n) is 7.94. The summed E-state index contributed by atoms with van der Waals surface area (Å²) in [6, 6.07) is 18.4. The van der Waals surface area contributed by atoms with E-state index in [2.05, 4.69) is 43.5 Å². The summed E-state index contributed by atoms with van der Waals surface area (Å²) in [6.07, 6.45) is 1.82. The number of para-hydroxylation sites is 1. The second-order valence-corrected chi connectivity index (χ2v) is 7.94. The lowest BCUT2D eigenvalue weighted by Gasteiger charge is -2.15. The molecule has 8 nitrogen and oxygen atoms in total. The van der Waals surface area contributed by atoms with Crippen LogP contribution in [0.1, 0.15) is 17.2 Å². The largest absolute Gasteiger partial charge is 0.497 e. The van der Waals surface area contributed by atoms with Gasteiger partial charge in [-0.2, -0.15) is 4.98 Å². The van der Waals surface area contributed by atoms with Gasteiger partial charge < -0.3 is 19.3 Å². The maximum Gasteiger partial charge on any atom is 0.328 e. The summed E-state index contributed by atoms with van der Waals surface area (Å²) in [7, 11) is 3.23. The standard InChI is InChI=1S/C25H25N5O3/c1-16-10-19(8-9-26-16)27-14-18-15-30(23-7-5-4-6-22(18)23)25-28-24(29-33-25)17-11-20(31-2)13-21(12-17)32-3/h4-13,18H,14-15H2,1-3H3,(H,26,27). The monoisotopic (exact) mass is 443 g/mol. The zero-order valence-electron chi connectivity index (χ0n) is 18.8. The van der Waals surface area contributed by atoms with Crippen LogP contribution in [-0.2, 0) is 0 Å². The molecule has 33 heavy (non-hydrogen) atoms. The fourth-order valence-electron chi connectivity index (χ4n) is 4.13. The van der Waals surface area contributed by atoms with Gasteiger partial charge in [0.1, 0.15) is 11.5 Å². The first kappa shape index (κ1) is 20.8. The Hall–Kier alpha value is -4.07. The van der Waals surface area contributed by atoms with Gasteiger partial charge in [-0.05, 0) is 42.8 Å². The van der Waals surface area contributed by atoms with Crippen LogP contribution in [0, 0.1) is 6.92 Å². The van der Waals surface area contributed by atoms with Crippen molar-refractivity contribution in [2.24, 2.45) is 0 Å². The van der Waals surface area contributed by atoms with Gasteiger partial charge in [-0.3, -0.25) is 9.88 Å². The molecule has 3 heterocycles. The predicted molar refractivity (Wildman–Crippen MR) is 126 cm³/mol. The van der Waals surface area contributed by atoms with Crippen LogP contribution in [0.2, 0.25) is 0 Å². The number of pyridine rings is 1. The molecule has 1 atom stereocenters. The van der Waals surface area contributed by atoms with Gasteiger partial charge in [0.15, 0.2) is 0 Å². The molecule has 1 N–H and O–H groups in total. The first-order chi connectivity index (χ1) is 16.1. The third kappa shape index (κ3) is 4.19. The highest BCUT2D eigenvalue weighted by Crippen LogP contribution is 2.41. The Kier molecular flexibility index (Phi) is 5.56. The molecule has 1 aliphatic rings. The molecule has 0 saturated heterocycles. The van der Waals surface area contributed by atoms with Gasteiger partial charge in [0, 0.05) is 53.9 Å². The van der Waals surface area contributed by atoms with Crippen LogP contribution in [-0.4, -0.2) is 42.4 Å². The normalized spacial score (nSPS) is 14.8. The van der Waals surface area contributed by atoms with E-state index in [9.17, 15) is 0 Å². The third-order valence-electron chi connectivity index (χ3n) is 5.78. The van der Waals surface area contributed by atoms with Crippen molar-refractivity contribution in [3.63, 3.8) is 0 Å². The van der Waals surface area contributed by atoms with Gasteiger partial charge in [-0.1, -0.05) is 23.4 Å². The van der Waals surface area contributed by atoms with Crippen LogP contribution < -0.4 is 19.7 Å². The molecular formula is C25H25N5O3. The summed E-state index contributed by atoms with van der Waals surface area (Å²) in [5.41, 5.74) is 5.14. The molecular weight excluding hydrogens is 418 g/mol. The van der Waals surface area contributed by atoms with Gasteiger partial charge >= 0.3 is 6.01 Å². The van der Waals surface area contributed by atoms with E-state index in [0.717, 1.165) is 35.7 Å². The van der Waals surface area contributed by atoms with E-state index in [-0.39, 0.29) is 5.92 Å². The number of rotatable bonds is 7. The lowest BCUT2D eigenvalue weighted by Crippen LogP contribution is -2.20. The van der Waals surface area contributed by atoms with Crippen molar-refractivity contribution in [2.45, 2.75) is 12.8 Å². The van der Waals surface area contributed by atoms with Gasteiger partial charge in [0.2, 0.25) is 5.82 Å². The Morgan fingerprint density at radius 1 is 1.06 bits per heavy atom. The molecule has 0 fully saturated rings. The average molecular weight is 444 g/mol. The van der Waals surface area contributed by atoms with E-state index in [0.29, 0.717) is 23.3 Å². The first-order valence-corrected chi connectivity index (χ1v) is 10.7. The van der Waals surface area contributed by atoms with Gasteiger partial charge in [-0.25, -0.2) is 0 Å². The van der Waals surface area contributed by atoms with E-state index < -0.39 is 0 Å². The van der Waals surface area contributed by atoms with E-state index in [4.69, 9.17) is 14.0 Å². The SMILES string of the molecule is COc1cc(OC)cc(-c2noc(N3CC(CNc4ccnc(C)c4)c4ccccc43)n2)c1. The molecule has 0 saturated carbocycles. The average Bonchev–Trinajstić information content (AvgIpc) is 3.48. The summed E-state index contributed by atoms with van der Waals surface area (Å²) in [5.74, 6) is 2.08. The predicted octanol–water partition coefficient (Wildman–Crippen LogP) is 4.80. The van der Waals surface area contributed by atoms with Crippen molar-refractivity contribution < 1.29 is 14.0 Å². The van der Waals surface area contributed by atoms with Crippen molar-refractivity contribution in [3.05, 3.63) is 72.1 Å². The highest BCUT2D eigenvalue weighted by atomic mass is 16.5. The van der Waals surface area contributed by atoms with Crippen LogP contribution in [0.15, 0.2) is 65.3 Å². The van der Waals surface area contributed by atoms with Crippen LogP contribution in [0.3, 0.4) is 0 Å². The topological polar surface area (TPSA) is 85.5 Å². The van der Waals surface area contributed by atoms with Crippen molar-refractivity contribution in [3.8, 4) is 22.9 Å². The quantitative estimate of drug-likeness (QED) is 0.436. The first-order valence-electron chi connectivity index (χ1n) is 10.7. The Balaban J connectivity index is 1.40. The number of aryl methyl sites for hydroxylation is 1. The lowest BCUT2D eigenvalue weighted by atomic mass is 10.0. The molecule has 1 unspecified atom stereocenters. The minimum absolute atomic E-state index is 0.266. The molecule has 0 amide bonds. The molecule has 4 aromatic rings. The van der Waals surface area contributed by atoms with Gasteiger partial charge in [-0.15, -0.1) is 0 Å². The molecule has 5 rings (SSSR count). The van der Waals surface area contributed by atoms with Crippen molar-refractivity contribution in [2.75, 3.05) is 37.5 Å². The summed E-state index contributed by atoms with van der Waals surface area (Å²) < 4.78 is 16.4. The zero-order valence-corrected chi connectivity index (χ0v) is 18.8. The number of fused-ring (bicyclic) bond motifs is 1. The van der Waals surface area contributed by atoms with Crippen LogP contribution in [0.5, 0.6) is 11.5 Å². The Bertz CT molecular complexity index is 1250. The van der Waals surface area contributed by atoms with Gasteiger partial charge in [0.25, 0.3) is 0 Å². The van der Waals surface area contributed by atoms with Crippen LogP contribution in [0.4, 0.5) is 17.4 Å². The summed E-state index contributed by atoms with van der Waals surface area (Å²) in [6.45, 7) is 3.51. The number of nitrogens with zero attached hydrogens (tertiary/aromatic N) is 4.